The second-order valence-corrected chi connectivity index (χ2v) is 6.72. The molecule has 0 atom stereocenters. The smallest absolute Gasteiger partial charge is 0.174 e. The molecule has 1 aromatic carbocycles. The van der Waals surface area contributed by atoms with Crippen molar-refractivity contribution in [2.45, 2.75) is 19.8 Å². The first kappa shape index (κ1) is 17.8. The second kappa shape index (κ2) is 7.19. The van der Waals surface area contributed by atoms with E-state index in [2.05, 4.69) is 15.3 Å². The molecule has 3 aromatic heterocycles. The number of carbonyl (C=O) groups is 1. The number of pyridine rings is 2. The molecule has 0 aliphatic carbocycles. The first-order chi connectivity index (χ1) is 13.5. The normalized spacial score (nSPS) is 11.1. The Balaban J connectivity index is 1.52. The number of halogens is 1. The number of rotatable bonds is 5. The summed E-state index contributed by atoms with van der Waals surface area (Å²) in [7, 11) is 0. The van der Waals surface area contributed by atoms with Crippen molar-refractivity contribution < 1.29 is 9.18 Å². The van der Waals surface area contributed by atoms with Crippen LogP contribution in [0, 0.1) is 12.7 Å². The summed E-state index contributed by atoms with van der Waals surface area (Å²) in [4.78, 5) is 16.7. The lowest BCUT2D eigenvalue weighted by atomic mass is 10.0. The van der Waals surface area contributed by atoms with Gasteiger partial charge in [0.1, 0.15) is 17.1 Å². The minimum absolute atomic E-state index is 0.0499. The van der Waals surface area contributed by atoms with Crippen LogP contribution in [0.4, 0.5) is 10.2 Å². The molecule has 0 spiro atoms. The third-order valence-corrected chi connectivity index (χ3v) is 4.57. The molecule has 0 radical (unpaired) electrons. The van der Waals surface area contributed by atoms with Gasteiger partial charge in [0.15, 0.2) is 5.82 Å². The van der Waals surface area contributed by atoms with Crippen LogP contribution in [0.2, 0.25) is 0 Å². The number of hydrogen-bond donors (Lipinski definition) is 1. The Morgan fingerprint density at radius 1 is 1.18 bits per heavy atom. The summed E-state index contributed by atoms with van der Waals surface area (Å²) in [6.07, 6.45) is 3.66. The Bertz CT molecular complexity index is 1170. The predicted octanol–water partition coefficient (Wildman–Crippen LogP) is 3.18. The van der Waals surface area contributed by atoms with Gasteiger partial charge in [0.05, 0.1) is 0 Å². The highest BCUT2D eigenvalue weighted by Gasteiger charge is 2.13. The van der Waals surface area contributed by atoms with Crippen molar-refractivity contribution in [1.82, 2.24) is 19.8 Å². The molecule has 0 amide bonds. The Hall–Kier alpha value is -3.61. The lowest BCUT2D eigenvalue weighted by molar-refractivity contribution is -0.117. The van der Waals surface area contributed by atoms with Crippen molar-refractivity contribution in [2.75, 3.05) is 5.73 Å². The molecule has 0 bridgehead atoms. The molecule has 6 nitrogen and oxygen atoms in total. The molecule has 140 valence electrons. The number of aryl methyl sites for hydroxylation is 1. The van der Waals surface area contributed by atoms with Gasteiger partial charge in [0, 0.05) is 42.1 Å². The van der Waals surface area contributed by atoms with Crippen molar-refractivity contribution in [3.8, 4) is 11.1 Å². The van der Waals surface area contributed by atoms with Crippen molar-refractivity contribution in [3.05, 3.63) is 77.5 Å². The maximum atomic E-state index is 13.9. The number of hydrogen-bond acceptors (Lipinski definition) is 5. The number of carbonyl (C=O) groups excluding carboxylic acids is 1. The Labute approximate surface area is 160 Å². The topological polar surface area (TPSA) is 86.2 Å². The molecule has 0 saturated heterocycles. The fourth-order valence-electron chi connectivity index (χ4n) is 3.21. The van der Waals surface area contributed by atoms with Crippen LogP contribution in [0.5, 0.6) is 0 Å². The summed E-state index contributed by atoms with van der Waals surface area (Å²) < 4.78 is 15.5. The Morgan fingerprint density at radius 2 is 2.04 bits per heavy atom. The second-order valence-electron chi connectivity index (χ2n) is 6.72. The summed E-state index contributed by atoms with van der Waals surface area (Å²) in [6.45, 7) is 1.87. The van der Waals surface area contributed by atoms with E-state index < -0.39 is 0 Å². The van der Waals surface area contributed by atoms with E-state index >= 15 is 0 Å². The first-order valence-electron chi connectivity index (χ1n) is 8.83. The van der Waals surface area contributed by atoms with Crippen LogP contribution in [0.25, 0.3) is 16.6 Å². The summed E-state index contributed by atoms with van der Waals surface area (Å²) >= 11 is 0. The van der Waals surface area contributed by atoms with Crippen molar-refractivity contribution in [2.24, 2.45) is 0 Å². The molecule has 3 heterocycles. The Kier molecular flexibility index (Phi) is 4.57. The van der Waals surface area contributed by atoms with E-state index in [9.17, 15) is 9.18 Å². The maximum absolute atomic E-state index is 13.9. The first-order valence-corrected chi connectivity index (χ1v) is 8.83. The minimum atomic E-state index is -0.359. The number of nitrogen functional groups attached to an aromatic ring is 1. The van der Waals surface area contributed by atoms with Gasteiger partial charge in [-0.15, -0.1) is 5.10 Å². The van der Waals surface area contributed by atoms with Gasteiger partial charge in [-0.25, -0.2) is 8.91 Å². The number of nitrogens with zero attached hydrogens (tertiary/aromatic N) is 4. The van der Waals surface area contributed by atoms with E-state index in [0.29, 0.717) is 22.6 Å². The van der Waals surface area contributed by atoms with E-state index in [1.165, 1.54) is 6.07 Å². The van der Waals surface area contributed by atoms with Crippen molar-refractivity contribution >= 4 is 17.1 Å². The molecule has 4 aromatic rings. The Morgan fingerprint density at radius 3 is 2.82 bits per heavy atom. The third-order valence-electron chi connectivity index (χ3n) is 4.57. The lowest BCUT2D eigenvalue weighted by Crippen LogP contribution is -2.09. The zero-order valence-corrected chi connectivity index (χ0v) is 15.3. The largest absolute Gasteiger partial charge is 0.380 e. The fraction of sp³-hybridized carbons (Fsp3) is 0.143. The summed E-state index contributed by atoms with van der Waals surface area (Å²) in [5, 5.41) is 7.85. The average molecular weight is 375 g/mol. The highest BCUT2D eigenvalue weighted by molar-refractivity contribution is 5.87. The fourth-order valence-corrected chi connectivity index (χ4v) is 3.21. The molecule has 0 aliphatic heterocycles. The summed E-state index contributed by atoms with van der Waals surface area (Å²) in [5.74, 6) is -0.103. The van der Waals surface area contributed by atoms with Gasteiger partial charge < -0.3 is 5.73 Å². The molecule has 2 N–H and O–H groups in total. The zero-order chi connectivity index (χ0) is 19.7. The van der Waals surface area contributed by atoms with E-state index in [1.54, 1.807) is 35.1 Å². The van der Waals surface area contributed by atoms with Gasteiger partial charge in [-0.3, -0.25) is 9.78 Å². The van der Waals surface area contributed by atoms with Gasteiger partial charge >= 0.3 is 0 Å². The average Bonchev–Trinajstić information content (AvgIpc) is 3.07. The molecule has 28 heavy (non-hydrogen) atoms. The number of anilines is 1. The van der Waals surface area contributed by atoms with Crippen LogP contribution in [0.3, 0.4) is 0 Å². The number of benzene rings is 1. The van der Waals surface area contributed by atoms with E-state index in [4.69, 9.17) is 5.73 Å². The molecule has 0 saturated carbocycles. The number of fused-ring (bicyclic) bond motifs is 1. The van der Waals surface area contributed by atoms with Crippen molar-refractivity contribution in [3.63, 3.8) is 0 Å². The van der Waals surface area contributed by atoms with Gasteiger partial charge in [-0.1, -0.05) is 35.0 Å². The van der Waals surface area contributed by atoms with Crippen LogP contribution in [-0.4, -0.2) is 25.6 Å². The number of aromatic nitrogens is 4. The van der Waals surface area contributed by atoms with Crippen LogP contribution < -0.4 is 5.73 Å². The SMILES string of the molecule is Cc1ccc(F)c(CC(=O)Cc2ccc(-c3cccn4nnc(N)c34)cn2)c1. The van der Waals surface area contributed by atoms with E-state index in [0.717, 1.165) is 16.7 Å². The van der Waals surface area contributed by atoms with Crippen LogP contribution in [0.15, 0.2) is 54.9 Å². The van der Waals surface area contributed by atoms with Gasteiger partial charge in [0.2, 0.25) is 0 Å². The number of ketones is 1. The quantitative estimate of drug-likeness (QED) is 0.579. The van der Waals surface area contributed by atoms with Gasteiger partial charge in [0.25, 0.3) is 0 Å². The molecular weight excluding hydrogens is 357 g/mol. The minimum Gasteiger partial charge on any atom is -0.380 e. The predicted molar refractivity (Wildman–Crippen MR) is 104 cm³/mol. The van der Waals surface area contributed by atoms with Crippen LogP contribution in [0.1, 0.15) is 16.8 Å². The highest BCUT2D eigenvalue weighted by atomic mass is 19.1. The molecule has 0 unspecified atom stereocenters. The third kappa shape index (κ3) is 3.46. The molecule has 0 aliphatic rings. The van der Waals surface area contributed by atoms with Crippen molar-refractivity contribution in [1.29, 1.82) is 0 Å². The highest BCUT2D eigenvalue weighted by Crippen LogP contribution is 2.26. The molecular formula is C21H18FN5O. The maximum Gasteiger partial charge on any atom is 0.174 e. The lowest BCUT2D eigenvalue weighted by Gasteiger charge is -2.07. The number of Topliss-reactive ketones (excluding diaryl/α,β-unsaturated/α-hetero) is 1. The van der Waals surface area contributed by atoms with Crippen LogP contribution >= 0.6 is 0 Å². The summed E-state index contributed by atoms with van der Waals surface area (Å²) in [6, 6.07) is 12.2. The standard InChI is InChI=1S/C21H18FN5O/c1-13-4-7-19(22)15(9-13)10-17(28)11-16-6-5-14(12-24-16)18-3-2-8-27-20(18)21(23)25-26-27/h2-9,12H,10-11,23H2,1H3. The summed E-state index contributed by atoms with van der Waals surface area (Å²) in [5.41, 5.74) is 10.3. The molecule has 4 rings (SSSR count). The van der Waals surface area contributed by atoms with Crippen LogP contribution in [-0.2, 0) is 17.6 Å². The van der Waals surface area contributed by atoms with E-state index in [1.807, 2.05) is 25.1 Å². The molecule has 0 fully saturated rings. The van der Waals surface area contributed by atoms with E-state index in [-0.39, 0.29) is 24.4 Å². The van der Waals surface area contributed by atoms with Gasteiger partial charge in [-0.05, 0) is 30.7 Å². The zero-order valence-electron chi connectivity index (χ0n) is 15.3. The number of nitrogens with two attached hydrogens (primary N) is 1. The van der Waals surface area contributed by atoms with Gasteiger partial charge in [-0.2, -0.15) is 0 Å². The monoisotopic (exact) mass is 375 g/mol. The molecule has 7 heteroatoms.